The summed E-state index contributed by atoms with van der Waals surface area (Å²) in [5.41, 5.74) is 0.464. The van der Waals surface area contributed by atoms with Crippen molar-refractivity contribution in [2.75, 3.05) is 29.5 Å². The van der Waals surface area contributed by atoms with Crippen LogP contribution >= 0.6 is 0 Å². The van der Waals surface area contributed by atoms with Gasteiger partial charge in [-0.3, -0.25) is 14.9 Å². The van der Waals surface area contributed by atoms with Gasteiger partial charge in [0.05, 0.1) is 11.3 Å². The van der Waals surface area contributed by atoms with E-state index in [1.54, 1.807) is 18.2 Å². The molecular formula is C25H28F3N5O4S. The first kappa shape index (κ1) is 27.6. The number of alkyl halides is 3. The molecule has 0 radical (unpaired) electrons. The summed E-state index contributed by atoms with van der Waals surface area (Å²) in [7, 11) is -3.61. The molecule has 204 valence electrons. The number of amides is 2. The third-order valence-corrected chi connectivity index (χ3v) is 8.54. The Morgan fingerprint density at radius 1 is 1.13 bits per heavy atom. The van der Waals surface area contributed by atoms with Crippen LogP contribution in [0.5, 0.6) is 0 Å². The highest BCUT2D eigenvalue weighted by atomic mass is 32.2. The Morgan fingerprint density at radius 3 is 2.47 bits per heavy atom. The summed E-state index contributed by atoms with van der Waals surface area (Å²) in [6, 6.07) is 9.85. The van der Waals surface area contributed by atoms with E-state index in [0.717, 1.165) is 23.3 Å². The molecule has 4 rings (SSSR count). The Morgan fingerprint density at radius 2 is 1.84 bits per heavy atom. The predicted octanol–water partition coefficient (Wildman–Crippen LogP) is 3.28. The average molecular weight is 552 g/mol. The number of halogens is 3. The quantitative estimate of drug-likeness (QED) is 0.509. The van der Waals surface area contributed by atoms with E-state index in [4.69, 9.17) is 0 Å². The largest absolute Gasteiger partial charge is 0.416 e. The van der Waals surface area contributed by atoms with Crippen LogP contribution in [0.25, 0.3) is 0 Å². The third-order valence-electron chi connectivity index (χ3n) is 6.67. The highest BCUT2D eigenvalue weighted by molar-refractivity contribution is 7.89. The number of rotatable bonds is 6. The molecule has 0 unspecified atom stereocenters. The van der Waals surface area contributed by atoms with E-state index in [9.17, 15) is 31.2 Å². The molecule has 1 saturated heterocycles. The molecule has 1 fully saturated rings. The summed E-state index contributed by atoms with van der Waals surface area (Å²) in [4.78, 5) is 28.4. The SMILES string of the molecule is CC(=O)Nc1ccc(CCS(=O)(=O)N2CCC3(CC2)N=C(Nc2cccc(C(F)(F)F)c2)NC3=O)c(C)c1. The van der Waals surface area contributed by atoms with Gasteiger partial charge in [-0.25, -0.2) is 17.7 Å². The fourth-order valence-electron chi connectivity index (χ4n) is 4.58. The molecule has 1 spiro atoms. The Labute approximate surface area is 218 Å². The lowest BCUT2D eigenvalue weighted by atomic mass is 9.89. The number of nitrogens with one attached hydrogen (secondary N) is 3. The van der Waals surface area contributed by atoms with Crippen LogP contribution < -0.4 is 16.0 Å². The number of hydrogen-bond acceptors (Lipinski definition) is 6. The van der Waals surface area contributed by atoms with Crippen LogP contribution in [0.4, 0.5) is 24.5 Å². The van der Waals surface area contributed by atoms with Gasteiger partial charge in [0.25, 0.3) is 5.91 Å². The summed E-state index contributed by atoms with van der Waals surface area (Å²) in [6.07, 6.45) is -3.92. The Kier molecular flexibility index (Phi) is 7.53. The number of guanidine groups is 1. The zero-order valence-electron chi connectivity index (χ0n) is 20.9. The number of benzene rings is 2. The van der Waals surface area contributed by atoms with Crippen molar-refractivity contribution in [2.45, 2.75) is 44.8 Å². The van der Waals surface area contributed by atoms with Gasteiger partial charge in [0.2, 0.25) is 21.9 Å². The normalized spacial score (nSPS) is 17.7. The van der Waals surface area contributed by atoms with E-state index in [1.165, 1.54) is 23.4 Å². The molecule has 0 aliphatic carbocycles. The molecule has 2 aromatic rings. The van der Waals surface area contributed by atoms with Crippen LogP contribution in [0.1, 0.15) is 36.5 Å². The number of anilines is 2. The topological polar surface area (TPSA) is 120 Å². The maximum absolute atomic E-state index is 13.0. The lowest BCUT2D eigenvalue weighted by Crippen LogP contribution is -2.51. The minimum atomic E-state index is -4.51. The lowest BCUT2D eigenvalue weighted by molar-refractivity contribution is -0.137. The zero-order chi connectivity index (χ0) is 27.7. The highest BCUT2D eigenvalue weighted by Gasteiger charge is 2.47. The molecule has 2 amide bonds. The standard InChI is InChI=1S/C25H28F3N5O4S/c1-16-14-21(29-17(2)34)7-6-18(16)8-13-38(36,37)33-11-9-24(10-12-33)22(35)31-23(32-24)30-20-5-3-4-19(15-20)25(26,27)28/h3-7,14-15H,8-13H2,1-2H3,(H,29,34)(H2,30,31,32,35). The fourth-order valence-corrected chi connectivity index (χ4v) is 6.06. The van der Waals surface area contributed by atoms with E-state index in [-0.39, 0.29) is 49.2 Å². The second-order valence-electron chi connectivity index (χ2n) is 9.44. The lowest BCUT2D eigenvalue weighted by Gasteiger charge is -2.34. The molecule has 2 aromatic carbocycles. The van der Waals surface area contributed by atoms with Crippen LogP contribution in [0.15, 0.2) is 47.5 Å². The Balaban J connectivity index is 1.37. The van der Waals surface area contributed by atoms with Crippen molar-refractivity contribution in [2.24, 2.45) is 4.99 Å². The van der Waals surface area contributed by atoms with Gasteiger partial charge in [0.1, 0.15) is 5.54 Å². The van der Waals surface area contributed by atoms with Gasteiger partial charge in [0.15, 0.2) is 0 Å². The molecule has 3 N–H and O–H groups in total. The fraction of sp³-hybridized carbons (Fsp3) is 0.400. The van der Waals surface area contributed by atoms with Crippen molar-refractivity contribution in [1.82, 2.24) is 9.62 Å². The summed E-state index contributed by atoms with van der Waals surface area (Å²) >= 11 is 0. The van der Waals surface area contributed by atoms with Gasteiger partial charge in [-0.05, 0) is 67.6 Å². The molecule has 0 saturated carbocycles. The van der Waals surface area contributed by atoms with Crippen LogP contribution in [0, 0.1) is 6.92 Å². The number of hydrogen-bond donors (Lipinski definition) is 3. The molecule has 2 heterocycles. The molecular weight excluding hydrogens is 523 g/mol. The van der Waals surface area contributed by atoms with E-state index in [2.05, 4.69) is 20.9 Å². The van der Waals surface area contributed by atoms with E-state index in [0.29, 0.717) is 12.1 Å². The predicted molar refractivity (Wildman–Crippen MR) is 137 cm³/mol. The van der Waals surface area contributed by atoms with Crippen LogP contribution in [0.3, 0.4) is 0 Å². The van der Waals surface area contributed by atoms with Crippen molar-refractivity contribution < 1.29 is 31.2 Å². The van der Waals surface area contributed by atoms with Crippen molar-refractivity contribution >= 4 is 39.2 Å². The highest BCUT2D eigenvalue weighted by Crippen LogP contribution is 2.33. The van der Waals surface area contributed by atoms with E-state index in [1.807, 2.05) is 6.92 Å². The smallest absolute Gasteiger partial charge is 0.326 e. The van der Waals surface area contributed by atoms with E-state index >= 15 is 0 Å². The Bertz CT molecular complexity index is 1380. The van der Waals surface area contributed by atoms with Gasteiger partial charge in [0, 0.05) is 31.4 Å². The van der Waals surface area contributed by atoms with Crippen LogP contribution in [-0.4, -0.2) is 54.9 Å². The summed E-state index contributed by atoms with van der Waals surface area (Å²) in [5, 5.41) is 7.98. The summed E-state index contributed by atoms with van der Waals surface area (Å²) in [5.74, 6) is -0.692. The van der Waals surface area contributed by atoms with Gasteiger partial charge in [-0.15, -0.1) is 0 Å². The number of piperidine rings is 1. The number of sulfonamides is 1. The first-order valence-corrected chi connectivity index (χ1v) is 13.6. The van der Waals surface area contributed by atoms with Crippen molar-refractivity contribution in [3.63, 3.8) is 0 Å². The van der Waals surface area contributed by atoms with Gasteiger partial charge < -0.3 is 10.6 Å². The number of nitrogens with zero attached hydrogens (tertiary/aromatic N) is 2. The van der Waals surface area contributed by atoms with Gasteiger partial charge in [-0.2, -0.15) is 13.2 Å². The average Bonchev–Trinajstić information content (AvgIpc) is 3.11. The second kappa shape index (κ2) is 10.4. The molecule has 0 atom stereocenters. The number of carbonyl (C=O) groups excluding carboxylic acids is 2. The minimum absolute atomic E-state index is 0.0313. The molecule has 0 aromatic heterocycles. The maximum Gasteiger partial charge on any atom is 0.416 e. The van der Waals surface area contributed by atoms with Gasteiger partial charge >= 0.3 is 6.18 Å². The van der Waals surface area contributed by atoms with Crippen LogP contribution in [-0.2, 0) is 32.2 Å². The maximum atomic E-state index is 13.0. The summed E-state index contributed by atoms with van der Waals surface area (Å²) in [6.45, 7) is 3.44. The monoisotopic (exact) mass is 551 g/mol. The number of aliphatic imine (C=N–C) groups is 1. The minimum Gasteiger partial charge on any atom is -0.326 e. The number of carbonyl (C=O) groups is 2. The first-order valence-electron chi connectivity index (χ1n) is 12.0. The third kappa shape index (κ3) is 6.16. The van der Waals surface area contributed by atoms with E-state index < -0.39 is 33.2 Å². The Hall–Kier alpha value is -3.45. The molecule has 2 aliphatic heterocycles. The van der Waals surface area contributed by atoms with Crippen molar-refractivity contribution in [3.05, 3.63) is 59.2 Å². The molecule has 13 heteroatoms. The molecule has 38 heavy (non-hydrogen) atoms. The van der Waals surface area contributed by atoms with Gasteiger partial charge in [-0.1, -0.05) is 12.1 Å². The second-order valence-corrected chi connectivity index (χ2v) is 11.5. The number of aryl methyl sites for hydroxylation is 2. The zero-order valence-corrected chi connectivity index (χ0v) is 21.7. The van der Waals surface area contributed by atoms with Crippen LogP contribution in [0.2, 0.25) is 0 Å². The summed E-state index contributed by atoms with van der Waals surface area (Å²) < 4.78 is 66.4. The first-order chi connectivity index (χ1) is 17.8. The van der Waals surface area contributed by atoms with Crippen molar-refractivity contribution in [3.8, 4) is 0 Å². The molecule has 2 aliphatic rings. The van der Waals surface area contributed by atoms with Crippen molar-refractivity contribution in [1.29, 1.82) is 0 Å². The molecule has 9 nitrogen and oxygen atoms in total. The molecule has 0 bridgehead atoms.